The van der Waals surface area contributed by atoms with Crippen LogP contribution in [-0.2, 0) is 4.79 Å². The van der Waals surface area contributed by atoms with E-state index in [0.29, 0.717) is 19.5 Å². The zero-order valence-corrected chi connectivity index (χ0v) is 6.16. The minimum absolute atomic E-state index is 0.0676. The molecule has 0 aliphatic heterocycles. The number of rotatable bonds is 5. The second-order valence-corrected chi connectivity index (χ2v) is 1.76. The number of carbonyl (C=O) groups excluding carboxylic acids is 1. The van der Waals surface area contributed by atoms with Crippen molar-refractivity contribution in [2.45, 2.75) is 0 Å². The molecule has 0 spiro atoms. The van der Waals surface area contributed by atoms with Crippen LogP contribution in [0.2, 0.25) is 0 Å². The van der Waals surface area contributed by atoms with Crippen LogP contribution in [0.1, 0.15) is 0 Å². The maximum Gasteiger partial charge on any atom is 0.207 e. The molecular weight excluding hydrogens is 144 g/mol. The number of hydrogen-bond donors (Lipinski definition) is 3. The monoisotopic (exact) mass is 156 g/mol. The minimum Gasteiger partial charge on any atom is -0.370 e. The topological polar surface area (TPSA) is 93.5 Å². The van der Waals surface area contributed by atoms with E-state index in [4.69, 9.17) is 11.5 Å². The standard InChI is InChI=1S/C6H12N4O/c7-6(8)10-4-2-1-3-9-5-11/h1-2,5H,3-4H2,(H,9,11)(H4,7,8,10)/b2-1+. The number of amides is 1. The van der Waals surface area contributed by atoms with E-state index in [1.54, 1.807) is 12.2 Å². The van der Waals surface area contributed by atoms with Crippen LogP contribution in [0.15, 0.2) is 17.1 Å². The summed E-state index contributed by atoms with van der Waals surface area (Å²) in [6.45, 7) is 0.951. The van der Waals surface area contributed by atoms with E-state index in [1.165, 1.54) is 0 Å². The van der Waals surface area contributed by atoms with Crippen LogP contribution in [0.5, 0.6) is 0 Å². The summed E-state index contributed by atoms with van der Waals surface area (Å²) in [7, 11) is 0. The largest absolute Gasteiger partial charge is 0.370 e. The lowest BCUT2D eigenvalue weighted by molar-refractivity contribution is -0.109. The molecule has 0 aliphatic carbocycles. The highest BCUT2D eigenvalue weighted by Gasteiger charge is 1.76. The van der Waals surface area contributed by atoms with Crippen LogP contribution in [0.3, 0.4) is 0 Å². The Morgan fingerprint density at radius 1 is 1.45 bits per heavy atom. The molecule has 11 heavy (non-hydrogen) atoms. The summed E-state index contributed by atoms with van der Waals surface area (Å²) in [6, 6.07) is 0. The van der Waals surface area contributed by atoms with Crippen molar-refractivity contribution in [3.05, 3.63) is 12.2 Å². The molecule has 0 aliphatic rings. The molecule has 0 aromatic rings. The Morgan fingerprint density at radius 2 is 2.18 bits per heavy atom. The van der Waals surface area contributed by atoms with E-state index in [-0.39, 0.29) is 5.96 Å². The first-order valence-corrected chi connectivity index (χ1v) is 3.14. The van der Waals surface area contributed by atoms with Crippen molar-refractivity contribution < 1.29 is 4.79 Å². The van der Waals surface area contributed by atoms with E-state index in [2.05, 4.69) is 10.3 Å². The molecule has 0 aromatic heterocycles. The van der Waals surface area contributed by atoms with Crippen LogP contribution in [-0.4, -0.2) is 25.5 Å². The first kappa shape index (κ1) is 9.48. The van der Waals surface area contributed by atoms with Gasteiger partial charge in [0, 0.05) is 6.54 Å². The molecule has 0 atom stereocenters. The highest BCUT2D eigenvalue weighted by molar-refractivity contribution is 5.75. The highest BCUT2D eigenvalue weighted by Crippen LogP contribution is 1.72. The molecule has 1 amide bonds. The fourth-order valence-corrected chi connectivity index (χ4v) is 0.432. The van der Waals surface area contributed by atoms with E-state index in [1.807, 2.05) is 0 Å². The average Bonchev–Trinajstić information content (AvgIpc) is 1.96. The Morgan fingerprint density at radius 3 is 2.73 bits per heavy atom. The van der Waals surface area contributed by atoms with Crippen LogP contribution in [0.25, 0.3) is 0 Å². The Labute approximate surface area is 65.2 Å². The quantitative estimate of drug-likeness (QED) is 0.150. The molecule has 62 valence electrons. The Balaban J connectivity index is 3.30. The van der Waals surface area contributed by atoms with Gasteiger partial charge in [-0.15, -0.1) is 0 Å². The van der Waals surface area contributed by atoms with Gasteiger partial charge in [-0.05, 0) is 0 Å². The van der Waals surface area contributed by atoms with Gasteiger partial charge < -0.3 is 16.8 Å². The molecule has 5 heteroatoms. The van der Waals surface area contributed by atoms with Crippen molar-refractivity contribution >= 4 is 12.4 Å². The second kappa shape index (κ2) is 6.60. The third kappa shape index (κ3) is 8.48. The summed E-state index contributed by atoms with van der Waals surface area (Å²) >= 11 is 0. The average molecular weight is 156 g/mol. The molecule has 5 nitrogen and oxygen atoms in total. The van der Waals surface area contributed by atoms with Gasteiger partial charge in [0.15, 0.2) is 5.96 Å². The van der Waals surface area contributed by atoms with E-state index in [0.717, 1.165) is 0 Å². The molecule has 0 fully saturated rings. The number of hydrogen-bond acceptors (Lipinski definition) is 2. The van der Waals surface area contributed by atoms with Gasteiger partial charge in [-0.3, -0.25) is 4.79 Å². The van der Waals surface area contributed by atoms with Crippen molar-refractivity contribution in [2.24, 2.45) is 16.5 Å². The predicted octanol–water partition coefficient (Wildman–Crippen LogP) is -1.44. The first-order valence-electron chi connectivity index (χ1n) is 3.14. The Hall–Kier alpha value is -1.52. The summed E-state index contributed by atoms with van der Waals surface area (Å²) in [6.07, 6.45) is 4.15. The lowest BCUT2D eigenvalue weighted by atomic mass is 10.5. The Bertz CT molecular complexity index is 160. The summed E-state index contributed by atoms with van der Waals surface area (Å²) in [5, 5.41) is 2.46. The van der Waals surface area contributed by atoms with E-state index < -0.39 is 0 Å². The molecule has 0 unspecified atom stereocenters. The second-order valence-electron chi connectivity index (χ2n) is 1.76. The Kier molecular flexibility index (Phi) is 5.69. The summed E-state index contributed by atoms with van der Waals surface area (Å²) < 4.78 is 0. The smallest absolute Gasteiger partial charge is 0.207 e. The SMILES string of the molecule is NC(N)=NC/C=C/CNC=O. The summed E-state index contributed by atoms with van der Waals surface area (Å²) in [5.74, 6) is 0.0676. The molecule has 0 bridgehead atoms. The molecule has 0 rings (SSSR count). The normalized spacial score (nSPS) is 9.45. The maximum atomic E-state index is 9.73. The fraction of sp³-hybridized carbons (Fsp3) is 0.333. The van der Waals surface area contributed by atoms with Crippen LogP contribution >= 0.6 is 0 Å². The van der Waals surface area contributed by atoms with Crippen molar-refractivity contribution in [3.8, 4) is 0 Å². The van der Waals surface area contributed by atoms with Gasteiger partial charge in [0.1, 0.15) is 0 Å². The number of nitrogens with one attached hydrogen (secondary N) is 1. The zero-order chi connectivity index (χ0) is 8.53. The number of carbonyl (C=O) groups is 1. The number of guanidine groups is 1. The van der Waals surface area contributed by atoms with Crippen LogP contribution in [0.4, 0.5) is 0 Å². The summed E-state index contributed by atoms with van der Waals surface area (Å²) in [5.41, 5.74) is 10.1. The molecule has 0 heterocycles. The van der Waals surface area contributed by atoms with Gasteiger partial charge in [-0.2, -0.15) is 0 Å². The fourth-order valence-electron chi connectivity index (χ4n) is 0.432. The molecule has 0 radical (unpaired) electrons. The van der Waals surface area contributed by atoms with E-state index in [9.17, 15) is 4.79 Å². The maximum absolute atomic E-state index is 9.73. The van der Waals surface area contributed by atoms with Gasteiger partial charge in [0.05, 0.1) is 6.54 Å². The van der Waals surface area contributed by atoms with Crippen molar-refractivity contribution in [1.82, 2.24) is 5.32 Å². The third-order valence-electron chi connectivity index (χ3n) is 0.865. The van der Waals surface area contributed by atoms with Crippen molar-refractivity contribution in [1.29, 1.82) is 0 Å². The predicted molar refractivity (Wildman–Crippen MR) is 43.9 cm³/mol. The van der Waals surface area contributed by atoms with E-state index >= 15 is 0 Å². The van der Waals surface area contributed by atoms with Crippen LogP contribution in [0, 0.1) is 0 Å². The lowest BCUT2D eigenvalue weighted by Gasteiger charge is -1.88. The molecule has 0 saturated heterocycles. The van der Waals surface area contributed by atoms with Gasteiger partial charge in [0.2, 0.25) is 6.41 Å². The highest BCUT2D eigenvalue weighted by atomic mass is 16.1. The minimum atomic E-state index is 0.0676. The van der Waals surface area contributed by atoms with Crippen molar-refractivity contribution in [2.75, 3.05) is 13.1 Å². The first-order chi connectivity index (χ1) is 5.27. The van der Waals surface area contributed by atoms with Crippen molar-refractivity contribution in [3.63, 3.8) is 0 Å². The number of nitrogens with zero attached hydrogens (tertiary/aromatic N) is 1. The number of nitrogens with two attached hydrogens (primary N) is 2. The molecule has 5 N–H and O–H groups in total. The molecular formula is C6H12N4O. The van der Waals surface area contributed by atoms with Crippen LogP contribution < -0.4 is 16.8 Å². The lowest BCUT2D eigenvalue weighted by Crippen LogP contribution is -2.22. The summed E-state index contributed by atoms with van der Waals surface area (Å²) in [4.78, 5) is 13.4. The number of aliphatic imine (C=N–C) groups is 1. The van der Waals surface area contributed by atoms with Gasteiger partial charge in [0.25, 0.3) is 0 Å². The van der Waals surface area contributed by atoms with Gasteiger partial charge >= 0.3 is 0 Å². The van der Waals surface area contributed by atoms with Gasteiger partial charge in [-0.25, -0.2) is 4.99 Å². The zero-order valence-electron chi connectivity index (χ0n) is 6.16. The van der Waals surface area contributed by atoms with Gasteiger partial charge in [-0.1, -0.05) is 12.2 Å². The molecule has 0 saturated carbocycles. The third-order valence-corrected chi connectivity index (χ3v) is 0.865. The molecule has 0 aromatic carbocycles.